The van der Waals surface area contributed by atoms with Crippen LogP contribution in [-0.2, 0) is 6.61 Å². The number of hydrogen-bond acceptors (Lipinski definition) is 5. The topological polar surface area (TPSA) is 60.5 Å². The van der Waals surface area contributed by atoms with Gasteiger partial charge in [0.05, 0.1) is 24.0 Å². The summed E-state index contributed by atoms with van der Waals surface area (Å²) in [4.78, 5) is 12.4. The van der Waals surface area contributed by atoms with Crippen LogP contribution >= 0.6 is 11.6 Å². The van der Waals surface area contributed by atoms with Crippen LogP contribution in [0.5, 0.6) is 5.88 Å². The average molecular weight is 358 g/mol. The summed E-state index contributed by atoms with van der Waals surface area (Å²) >= 11 is 6.12. The van der Waals surface area contributed by atoms with E-state index in [4.69, 9.17) is 20.8 Å². The first-order valence-electron chi connectivity index (χ1n) is 7.70. The molecule has 2 aromatic heterocycles. The van der Waals surface area contributed by atoms with Gasteiger partial charge in [0.2, 0.25) is 5.82 Å². The standard InChI is InChI=1S/C18H13ClFN3O2/c19-14-2-1-12(16-13(14)5-8-24-16)10-25-18-15(20)9-22-17(23-18)11-3-6-21-7-4-11/h1-3,5,7-9H,4,6,10H2. The van der Waals surface area contributed by atoms with Gasteiger partial charge in [-0.2, -0.15) is 9.37 Å². The Balaban J connectivity index is 1.59. The number of aliphatic imine (C=N–C) groups is 1. The second kappa shape index (κ2) is 6.64. The maximum atomic E-state index is 14.0. The Bertz CT molecular complexity index is 997. The van der Waals surface area contributed by atoms with Gasteiger partial charge in [-0.3, -0.25) is 4.99 Å². The van der Waals surface area contributed by atoms with Crippen LogP contribution in [0, 0.1) is 5.82 Å². The van der Waals surface area contributed by atoms with E-state index in [1.807, 2.05) is 6.08 Å². The number of aromatic nitrogens is 2. The third-order valence-electron chi connectivity index (χ3n) is 3.89. The number of dihydropyridines is 1. The van der Waals surface area contributed by atoms with Gasteiger partial charge in [-0.05, 0) is 12.1 Å². The highest BCUT2D eigenvalue weighted by atomic mass is 35.5. The van der Waals surface area contributed by atoms with Gasteiger partial charge in [-0.1, -0.05) is 23.7 Å². The lowest BCUT2D eigenvalue weighted by Crippen LogP contribution is -2.05. The molecule has 0 N–H and O–H groups in total. The summed E-state index contributed by atoms with van der Waals surface area (Å²) < 4.78 is 25.1. The quantitative estimate of drug-likeness (QED) is 0.692. The third kappa shape index (κ3) is 3.13. The zero-order valence-corrected chi connectivity index (χ0v) is 13.8. The average Bonchev–Trinajstić information content (AvgIpc) is 3.14. The Kier molecular flexibility index (Phi) is 4.19. The summed E-state index contributed by atoms with van der Waals surface area (Å²) in [6.07, 6.45) is 7.01. The monoisotopic (exact) mass is 357 g/mol. The molecule has 0 atom stereocenters. The van der Waals surface area contributed by atoms with E-state index in [-0.39, 0.29) is 12.5 Å². The van der Waals surface area contributed by atoms with Crippen molar-refractivity contribution < 1.29 is 13.5 Å². The van der Waals surface area contributed by atoms with E-state index in [1.165, 1.54) is 0 Å². The van der Waals surface area contributed by atoms with Crippen molar-refractivity contribution in [3.63, 3.8) is 0 Å². The maximum absolute atomic E-state index is 14.0. The van der Waals surface area contributed by atoms with Crippen LogP contribution in [-0.4, -0.2) is 22.7 Å². The van der Waals surface area contributed by atoms with E-state index < -0.39 is 5.82 Å². The van der Waals surface area contributed by atoms with Crippen LogP contribution in [0.4, 0.5) is 4.39 Å². The molecule has 5 nitrogen and oxygen atoms in total. The number of rotatable bonds is 4. The first-order chi connectivity index (χ1) is 12.2. The Morgan fingerprint density at radius 1 is 1.28 bits per heavy atom. The molecular formula is C18H13ClFN3O2. The van der Waals surface area contributed by atoms with Crippen molar-refractivity contribution in [2.75, 3.05) is 6.54 Å². The van der Waals surface area contributed by atoms with Gasteiger partial charge in [-0.25, -0.2) is 4.98 Å². The molecule has 4 rings (SSSR count). The van der Waals surface area contributed by atoms with E-state index >= 15 is 0 Å². The van der Waals surface area contributed by atoms with E-state index in [0.717, 1.165) is 22.7 Å². The molecular weight excluding hydrogens is 345 g/mol. The highest BCUT2D eigenvalue weighted by molar-refractivity contribution is 6.35. The van der Waals surface area contributed by atoms with Crippen molar-refractivity contribution in [2.45, 2.75) is 13.0 Å². The molecule has 1 aromatic carbocycles. The maximum Gasteiger partial charge on any atom is 0.254 e. The molecule has 3 heterocycles. The predicted molar refractivity (Wildman–Crippen MR) is 93.5 cm³/mol. The number of halogens is 2. The van der Waals surface area contributed by atoms with Gasteiger partial charge in [0.25, 0.3) is 5.88 Å². The minimum absolute atomic E-state index is 0.0944. The number of nitrogens with zero attached hydrogens (tertiary/aromatic N) is 3. The smallest absolute Gasteiger partial charge is 0.254 e. The van der Waals surface area contributed by atoms with Crippen molar-refractivity contribution in [1.82, 2.24) is 9.97 Å². The molecule has 0 spiro atoms. The molecule has 0 radical (unpaired) electrons. The number of ether oxygens (including phenoxy) is 1. The van der Waals surface area contributed by atoms with Gasteiger partial charge in [0.15, 0.2) is 5.82 Å². The van der Waals surface area contributed by atoms with Crippen LogP contribution in [0.25, 0.3) is 16.5 Å². The van der Waals surface area contributed by atoms with Crippen LogP contribution in [0.2, 0.25) is 5.02 Å². The summed E-state index contributed by atoms with van der Waals surface area (Å²) in [7, 11) is 0. The SMILES string of the molecule is Fc1cnc(C2=CCN=CC2)nc1OCc1ccc(Cl)c2ccoc12. The fraction of sp³-hybridized carbons (Fsp3) is 0.167. The summed E-state index contributed by atoms with van der Waals surface area (Å²) in [5, 5.41) is 1.38. The molecule has 126 valence electrons. The minimum Gasteiger partial charge on any atom is -0.470 e. The van der Waals surface area contributed by atoms with E-state index in [0.29, 0.717) is 29.4 Å². The Hall–Kier alpha value is -2.73. The zero-order valence-electron chi connectivity index (χ0n) is 13.1. The van der Waals surface area contributed by atoms with Crippen molar-refractivity contribution in [3.05, 3.63) is 59.0 Å². The Morgan fingerprint density at radius 2 is 2.20 bits per heavy atom. The molecule has 0 saturated carbocycles. The predicted octanol–water partition coefficient (Wildman–Crippen LogP) is 4.45. The first-order valence-corrected chi connectivity index (χ1v) is 8.08. The normalized spacial score (nSPS) is 13.9. The lowest BCUT2D eigenvalue weighted by Gasteiger charge is -2.10. The van der Waals surface area contributed by atoms with Gasteiger partial charge in [0, 0.05) is 29.2 Å². The molecule has 0 bridgehead atoms. The van der Waals surface area contributed by atoms with Gasteiger partial charge in [-0.15, -0.1) is 0 Å². The summed E-state index contributed by atoms with van der Waals surface area (Å²) in [6, 6.07) is 5.32. The van der Waals surface area contributed by atoms with E-state index in [2.05, 4.69) is 15.0 Å². The lowest BCUT2D eigenvalue weighted by molar-refractivity contribution is 0.275. The van der Waals surface area contributed by atoms with Crippen LogP contribution in [0.1, 0.15) is 17.8 Å². The van der Waals surface area contributed by atoms with Crippen molar-refractivity contribution in [3.8, 4) is 5.88 Å². The second-order valence-corrected chi connectivity index (χ2v) is 5.89. The summed E-state index contributed by atoms with van der Waals surface area (Å²) in [5.74, 6) is -0.261. The van der Waals surface area contributed by atoms with Crippen molar-refractivity contribution in [1.29, 1.82) is 0 Å². The molecule has 0 unspecified atom stereocenters. The van der Waals surface area contributed by atoms with E-state index in [1.54, 1.807) is 30.7 Å². The lowest BCUT2D eigenvalue weighted by atomic mass is 10.1. The molecule has 1 aliphatic rings. The molecule has 25 heavy (non-hydrogen) atoms. The number of benzene rings is 1. The molecule has 0 saturated heterocycles. The molecule has 0 fully saturated rings. The van der Waals surface area contributed by atoms with Gasteiger partial charge < -0.3 is 9.15 Å². The second-order valence-electron chi connectivity index (χ2n) is 5.49. The minimum atomic E-state index is -0.613. The number of furan rings is 1. The van der Waals surface area contributed by atoms with Gasteiger partial charge >= 0.3 is 0 Å². The molecule has 0 aliphatic carbocycles. The largest absolute Gasteiger partial charge is 0.470 e. The van der Waals surface area contributed by atoms with Crippen LogP contribution in [0.15, 0.2) is 46.1 Å². The molecule has 1 aliphatic heterocycles. The van der Waals surface area contributed by atoms with Crippen molar-refractivity contribution >= 4 is 34.4 Å². The Morgan fingerprint density at radius 3 is 3.04 bits per heavy atom. The number of hydrogen-bond donors (Lipinski definition) is 0. The van der Waals surface area contributed by atoms with Crippen LogP contribution in [0.3, 0.4) is 0 Å². The van der Waals surface area contributed by atoms with Crippen molar-refractivity contribution in [2.24, 2.45) is 4.99 Å². The molecule has 3 aromatic rings. The number of fused-ring (bicyclic) bond motifs is 1. The van der Waals surface area contributed by atoms with Crippen LogP contribution < -0.4 is 4.74 Å². The zero-order chi connectivity index (χ0) is 17.2. The fourth-order valence-electron chi connectivity index (χ4n) is 2.62. The third-order valence-corrected chi connectivity index (χ3v) is 4.22. The highest BCUT2D eigenvalue weighted by Gasteiger charge is 2.14. The van der Waals surface area contributed by atoms with E-state index in [9.17, 15) is 4.39 Å². The highest BCUT2D eigenvalue weighted by Crippen LogP contribution is 2.28. The number of allylic oxidation sites excluding steroid dienone is 1. The molecule has 0 amide bonds. The fourth-order valence-corrected chi connectivity index (χ4v) is 2.83. The summed E-state index contributed by atoms with van der Waals surface area (Å²) in [6.45, 7) is 0.683. The van der Waals surface area contributed by atoms with Gasteiger partial charge in [0.1, 0.15) is 12.2 Å². The first kappa shape index (κ1) is 15.8. The summed E-state index contributed by atoms with van der Waals surface area (Å²) in [5.41, 5.74) is 2.28. The Labute approximate surface area is 147 Å². The molecule has 7 heteroatoms.